The van der Waals surface area contributed by atoms with Crippen molar-refractivity contribution in [2.75, 3.05) is 0 Å². The van der Waals surface area contributed by atoms with E-state index >= 15 is 0 Å². The summed E-state index contributed by atoms with van der Waals surface area (Å²) in [6.45, 7) is 11.2. The summed E-state index contributed by atoms with van der Waals surface area (Å²) < 4.78 is 2.21. The zero-order valence-corrected chi connectivity index (χ0v) is 12.4. The maximum absolute atomic E-state index is 9.05. The van der Waals surface area contributed by atoms with Gasteiger partial charge >= 0.3 is 0 Å². The van der Waals surface area contributed by atoms with Crippen molar-refractivity contribution >= 4 is 11.0 Å². The average molecular weight is 255 g/mol. The molecule has 0 aliphatic heterocycles. The van der Waals surface area contributed by atoms with E-state index in [2.05, 4.69) is 50.5 Å². The SMILES string of the molecule is Cc1cc2nc(C(C)C)n(CC(C)C#N)c2cc1C. The predicted octanol–water partition coefficient (Wildman–Crippen LogP) is 3.94. The molecular weight excluding hydrogens is 234 g/mol. The van der Waals surface area contributed by atoms with Crippen molar-refractivity contribution < 1.29 is 0 Å². The molecule has 1 aromatic heterocycles. The maximum atomic E-state index is 9.05. The highest BCUT2D eigenvalue weighted by molar-refractivity contribution is 5.78. The van der Waals surface area contributed by atoms with Crippen LogP contribution in [0.3, 0.4) is 0 Å². The van der Waals surface area contributed by atoms with Crippen molar-refractivity contribution in [3.05, 3.63) is 29.1 Å². The first-order valence-corrected chi connectivity index (χ1v) is 6.81. The van der Waals surface area contributed by atoms with Crippen molar-refractivity contribution in [2.24, 2.45) is 5.92 Å². The van der Waals surface area contributed by atoms with E-state index in [1.54, 1.807) is 0 Å². The normalized spacial score (nSPS) is 12.9. The summed E-state index contributed by atoms with van der Waals surface area (Å²) in [7, 11) is 0. The average Bonchev–Trinajstić information content (AvgIpc) is 2.68. The van der Waals surface area contributed by atoms with E-state index in [0.29, 0.717) is 12.5 Å². The number of benzene rings is 1. The molecule has 0 aliphatic rings. The number of fused-ring (bicyclic) bond motifs is 1. The summed E-state index contributed by atoms with van der Waals surface area (Å²) in [6, 6.07) is 6.64. The Morgan fingerprint density at radius 1 is 1.21 bits per heavy atom. The third-order valence-corrected chi connectivity index (χ3v) is 3.59. The van der Waals surface area contributed by atoms with Gasteiger partial charge in [0.05, 0.1) is 23.0 Å². The van der Waals surface area contributed by atoms with Gasteiger partial charge in [-0.2, -0.15) is 5.26 Å². The second kappa shape index (κ2) is 5.05. The molecule has 0 saturated carbocycles. The zero-order valence-electron chi connectivity index (χ0n) is 12.4. The summed E-state index contributed by atoms with van der Waals surface area (Å²) in [4.78, 5) is 4.76. The van der Waals surface area contributed by atoms with Crippen LogP contribution in [0, 0.1) is 31.1 Å². The number of nitriles is 1. The Kier molecular flexibility index (Phi) is 3.61. The van der Waals surface area contributed by atoms with Gasteiger partial charge in [-0.3, -0.25) is 0 Å². The minimum absolute atomic E-state index is 0.00323. The lowest BCUT2D eigenvalue weighted by Crippen LogP contribution is -2.10. The van der Waals surface area contributed by atoms with Crippen LogP contribution in [-0.2, 0) is 6.54 Å². The van der Waals surface area contributed by atoms with Crippen LogP contribution in [-0.4, -0.2) is 9.55 Å². The Morgan fingerprint density at radius 3 is 2.42 bits per heavy atom. The minimum atomic E-state index is -0.00323. The van der Waals surface area contributed by atoms with E-state index < -0.39 is 0 Å². The molecule has 0 spiro atoms. The molecule has 0 bridgehead atoms. The number of hydrogen-bond acceptors (Lipinski definition) is 2. The number of nitrogens with zero attached hydrogens (tertiary/aromatic N) is 3. The van der Waals surface area contributed by atoms with Gasteiger partial charge < -0.3 is 4.57 Å². The summed E-state index contributed by atoms with van der Waals surface area (Å²) in [5.74, 6) is 1.43. The highest BCUT2D eigenvalue weighted by atomic mass is 15.1. The molecule has 1 heterocycles. The standard InChI is InChI=1S/C16H21N3/c1-10(2)16-18-14-6-12(4)13(5)7-15(14)19(16)9-11(3)8-17/h6-7,10-11H,9H2,1-5H3. The minimum Gasteiger partial charge on any atom is -0.326 e. The van der Waals surface area contributed by atoms with Crippen LogP contribution in [0.5, 0.6) is 0 Å². The van der Waals surface area contributed by atoms with Crippen LogP contribution >= 0.6 is 0 Å². The van der Waals surface area contributed by atoms with Gasteiger partial charge in [0.2, 0.25) is 0 Å². The monoisotopic (exact) mass is 255 g/mol. The third-order valence-electron chi connectivity index (χ3n) is 3.59. The molecule has 1 atom stereocenters. The maximum Gasteiger partial charge on any atom is 0.112 e. The molecule has 3 nitrogen and oxygen atoms in total. The van der Waals surface area contributed by atoms with Crippen molar-refractivity contribution in [1.29, 1.82) is 5.26 Å². The lowest BCUT2D eigenvalue weighted by Gasteiger charge is -2.12. The first-order chi connectivity index (χ1) is 8.93. The zero-order chi connectivity index (χ0) is 14.2. The fourth-order valence-electron chi connectivity index (χ4n) is 2.35. The molecule has 0 radical (unpaired) electrons. The van der Waals surface area contributed by atoms with Crippen LogP contribution in [0.15, 0.2) is 12.1 Å². The Balaban J connectivity index is 2.66. The lowest BCUT2D eigenvalue weighted by atomic mass is 10.1. The molecule has 1 aromatic carbocycles. The molecule has 0 N–H and O–H groups in total. The Morgan fingerprint density at radius 2 is 1.84 bits per heavy atom. The molecule has 1 unspecified atom stereocenters. The van der Waals surface area contributed by atoms with Crippen LogP contribution in [0.1, 0.15) is 43.6 Å². The van der Waals surface area contributed by atoms with Gasteiger partial charge in [-0.25, -0.2) is 4.98 Å². The predicted molar refractivity (Wildman–Crippen MR) is 78.1 cm³/mol. The smallest absolute Gasteiger partial charge is 0.112 e. The summed E-state index contributed by atoms with van der Waals surface area (Å²) in [5.41, 5.74) is 4.72. The van der Waals surface area contributed by atoms with Gasteiger partial charge in [0.1, 0.15) is 5.82 Å². The Bertz CT molecular complexity index is 644. The highest BCUT2D eigenvalue weighted by Gasteiger charge is 2.16. The summed E-state index contributed by atoms with van der Waals surface area (Å²) in [5, 5.41) is 9.05. The van der Waals surface area contributed by atoms with E-state index in [4.69, 9.17) is 10.2 Å². The summed E-state index contributed by atoms with van der Waals surface area (Å²) >= 11 is 0. The van der Waals surface area contributed by atoms with E-state index in [9.17, 15) is 0 Å². The number of aromatic nitrogens is 2. The molecule has 0 aliphatic carbocycles. The van der Waals surface area contributed by atoms with Crippen molar-refractivity contribution in [2.45, 2.75) is 47.1 Å². The quantitative estimate of drug-likeness (QED) is 0.833. The molecular formula is C16H21N3. The van der Waals surface area contributed by atoms with Gasteiger partial charge in [-0.1, -0.05) is 13.8 Å². The van der Waals surface area contributed by atoms with Gasteiger partial charge in [0, 0.05) is 12.5 Å². The summed E-state index contributed by atoms with van der Waals surface area (Å²) in [6.07, 6.45) is 0. The van der Waals surface area contributed by atoms with Crippen LogP contribution < -0.4 is 0 Å². The van der Waals surface area contributed by atoms with E-state index in [1.165, 1.54) is 11.1 Å². The number of imidazole rings is 1. The molecule has 2 rings (SSSR count). The van der Waals surface area contributed by atoms with Crippen LogP contribution in [0.25, 0.3) is 11.0 Å². The fraction of sp³-hybridized carbons (Fsp3) is 0.500. The number of hydrogen-bond donors (Lipinski definition) is 0. The van der Waals surface area contributed by atoms with Crippen molar-refractivity contribution in [3.8, 4) is 6.07 Å². The molecule has 0 amide bonds. The molecule has 2 aromatic rings. The Hall–Kier alpha value is -1.82. The van der Waals surface area contributed by atoms with E-state index in [1.807, 2.05) is 6.92 Å². The molecule has 19 heavy (non-hydrogen) atoms. The highest BCUT2D eigenvalue weighted by Crippen LogP contribution is 2.25. The molecule has 0 fully saturated rings. The fourth-order valence-corrected chi connectivity index (χ4v) is 2.35. The van der Waals surface area contributed by atoms with Gasteiger partial charge in [0.25, 0.3) is 0 Å². The molecule has 0 saturated heterocycles. The number of aryl methyl sites for hydroxylation is 2. The first-order valence-electron chi connectivity index (χ1n) is 6.81. The van der Waals surface area contributed by atoms with Crippen molar-refractivity contribution in [1.82, 2.24) is 9.55 Å². The van der Waals surface area contributed by atoms with Gasteiger partial charge in [0.15, 0.2) is 0 Å². The number of rotatable bonds is 3. The lowest BCUT2D eigenvalue weighted by molar-refractivity contribution is 0.555. The van der Waals surface area contributed by atoms with Crippen LogP contribution in [0.4, 0.5) is 0 Å². The van der Waals surface area contributed by atoms with Gasteiger partial charge in [-0.05, 0) is 44.0 Å². The second-order valence-electron chi connectivity index (χ2n) is 5.69. The largest absolute Gasteiger partial charge is 0.326 e. The van der Waals surface area contributed by atoms with Crippen molar-refractivity contribution in [3.63, 3.8) is 0 Å². The van der Waals surface area contributed by atoms with E-state index in [-0.39, 0.29) is 5.92 Å². The second-order valence-corrected chi connectivity index (χ2v) is 5.69. The third kappa shape index (κ3) is 2.49. The van der Waals surface area contributed by atoms with Gasteiger partial charge in [-0.15, -0.1) is 0 Å². The topological polar surface area (TPSA) is 41.6 Å². The van der Waals surface area contributed by atoms with E-state index in [0.717, 1.165) is 16.9 Å². The molecule has 100 valence electrons. The van der Waals surface area contributed by atoms with Crippen LogP contribution in [0.2, 0.25) is 0 Å². The Labute approximate surface area is 114 Å². The molecule has 3 heteroatoms. The first kappa shape index (κ1) is 13.6.